The summed E-state index contributed by atoms with van der Waals surface area (Å²) >= 11 is 0. The number of benzene rings is 2. The van der Waals surface area contributed by atoms with Crippen molar-refractivity contribution < 1.29 is 19.1 Å². The van der Waals surface area contributed by atoms with E-state index in [9.17, 15) is 14.4 Å². The first-order valence-electron chi connectivity index (χ1n) is 11.7. The van der Waals surface area contributed by atoms with Crippen LogP contribution in [0.25, 0.3) is 10.9 Å². The lowest BCUT2D eigenvalue weighted by atomic mass is 9.77. The van der Waals surface area contributed by atoms with Crippen molar-refractivity contribution in [3.05, 3.63) is 83.2 Å². The van der Waals surface area contributed by atoms with E-state index in [1.54, 1.807) is 0 Å². The van der Waals surface area contributed by atoms with Gasteiger partial charge >= 0.3 is 5.97 Å². The lowest BCUT2D eigenvalue weighted by molar-refractivity contribution is -0.141. The van der Waals surface area contributed by atoms with Crippen LogP contribution in [0.5, 0.6) is 0 Å². The number of hydrogen-bond donors (Lipinski definition) is 0. The van der Waals surface area contributed by atoms with E-state index >= 15 is 0 Å². The number of ether oxygens (including phenoxy) is 1. The largest absolute Gasteiger partial charge is 0.469 e. The van der Waals surface area contributed by atoms with Crippen LogP contribution in [0, 0.1) is 11.8 Å². The van der Waals surface area contributed by atoms with Crippen LogP contribution in [0.15, 0.2) is 66.4 Å². The topological polar surface area (TPSA) is 68.6 Å². The third kappa shape index (κ3) is 3.83. The fourth-order valence-corrected chi connectivity index (χ4v) is 5.53. The lowest BCUT2D eigenvalue weighted by Crippen LogP contribution is -2.36. The number of para-hydroxylation sites is 1. The Kier molecular flexibility index (Phi) is 5.82. The number of rotatable bonds is 5. The van der Waals surface area contributed by atoms with Gasteiger partial charge in [-0.1, -0.05) is 48.5 Å². The van der Waals surface area contributed by atoms with Crippen LogP contribution in [0.1, 0.15) is 45.7 Å². The number of Topliss-reactive ketones (excluding diaryl/α,β-unsaturated/α-hetero) is 2. The standard InChI is InChI=1S/C28H28N2O4/c1-29-16-19(12-13-25(32)34-2)21-14-24(31)27-26(28(33)22(21)17-29)20-10-6-7-11-23(20)30(27)15-18-8-4-3-5-9-18/h3-11,17,19,21H,12-16H2,1-2H3. The molecule has 0 radical (unpaired) electrons. The molecule has 0 N–H and O–H groups in total. The summed E-state index contributed by atoms with van der Waals surface area (Å²) in [5.74, 6) is -0.555. The summed E-state index contributed by atoms with van der Waals surface area (Å²) in [4.78, 5) is 41.6. The second-order valence-corrected chi connectivity index (χ2v) is 9.27. The summed E-state index contributed by atoms with van der Waals surface area (Å²) in [6, 6.07) is 17.8. The molecule has 2 heterocycles. The fourth-order valence-electron chi connectivity index (χ4n) is 5.53. The Bertz CT molecular complexity index is 1300. The Balaban J connectivity index is 1.62. The molecular weight excluding hydrogens is 428 g/mol. The van der Waals surface area contributed by atoms with Crippen LogP contribution < -0.4 is 0 Å². The molecule has 0 spiro atoms. The summed E-state index contributed by atoms with van der Waals surface area (Å²) in [7, 11) is 3.32. The molecule has 0 saturated carbocycles. The summed E-state index contributed by atoms with van der Waals surface area (Å²) in [6.45, 7) is 1.21. The Hall–Kier alpha value is -3.67. The molecule has 6 nitrogen and oxygen atoms in total. The number of methoxy groups -OCH3 is 1. The van der Waals surface area contributed by atoms with Gasteiger partial charge in [-0.15, -0.1) is 0 Å². The Labute approximate surface area is 198 Å². The van der Waals surface area contributed by atoms with Gasteiger partial charge in [-0.3, -0.25) is 14.4 Å². The van der Waals surface area contributed by atoms with Crippen molar-refractivity contribution in [2.45, 2.75) is 25.8 Å². The normalized spacial score (nSPS) is 19.9. The molecule has 5 rings (SSSR count). The minimum absolute atomic E-state index is 0.0171. The van der Waals surface area contributed by atoms with Crippen molar-refractivity contribution in [2.75, 3.05) is 20.7 Å². The maximum absolute atomic E-state index is 14.0. The molecule has 6 heteroatoms. The lowest BCUT2D eigenvalue weighted by Gasteiger charge is -2.35. The van der Waals surface area contributed by atoms with E-state index in [1.165, 1.54) is 7.11 Å². The molecular formula is C28H28N2O4. The zero-order chi connectivity index (χ0) is 23.8. The van der Waals surface area contributed by atoms with Gasteiger partial charge < -0.3 is 14.2 Å². The summed E-state index contributed by atoms with van der Waals surface area (Å²) < 4.78 is 6.83. The minimum atomic E-state index is -0.270. The predicted octanol–water partition coefficient (Wildman–Crippen LogP) is 4.47. The van der Waals surface area contributed by atoms with Crippen molar-refractivity contribution in [1.29, 1.82) is 0 Å². The van der Waals surface area contributed by atoms with Crippen molar-refractivity contribution in [1.82, 2.24) is 9.47 Å². The van der Waals surface area contributed by atoms with Crippen LogP contribution in [0.4, 0.5) is 0 Å². The molecule has 2 aliphatic rings. The first kappa shape index (κ1) is 22.1. The van der Waals surface area contributed by atoms with Gasteiger partial charge in [0.1, 0.15) is 0 Å². The molecule has 174 valence electrons. The maximum Gasteiger partial charge on any atom is 0.305 e. The molecule has 1 aliphatic heterocycles. The fraction of sp³-hybridized carbons (Fsp3) is 0.321. The monoisotopic (exact) mass is 456 g/mol. The highest BCUT2D eigenvalue weighted by molar-refractivity contribution is 6.24. The molecule has 34 heavy (non-hydrogen) atoms. The van der Waals surface area contributed by atoms with Gasteiger partial charge in [0.15, 0.2) is 11.6 Å². The van der Waals surface area contributed by atoms with Crippen molar-refractivity contribution >= 4 is 28.4 Å². The van der Waals surface area contributed by atoms with E-state index in [2.05, 4.69) is 0 Å². The summed E-state index contributed by atoms with van der Waals surface area (Å²) in [5, 5.41) is 0.813. The van der Waals surface area contributed by atoms with Gasteiger partial charge in [0.25, 0.3) is 0 Å². The quantitative estimate of drug-likeness (QED) is 0.530. The number of carbonyl (C=O) groups is 3. The second kappa shape index (κ2) is 8.93. The first-order chi connectivity index (χ1) is 16.5. The molecule has 3 aromatic rings. The zero-order valence-electron chi connectivity index (χ0n) is 19.5. The summed E-state index contributed by atoms with van der Waals surface area (Å²) in [5.41, 5.74) is 3.64. The number of fused-ring (bicyclic) bond motifs is 4. The molecule has 2 aromatic carbocycles. The van der Waals surface area contributed by atoms with E-state index < -0.39 is 0 Å². The van der Waals surface area contributed by atoms with Crippen LogP contribution in [-0.4, -0.2) is 47.7 Å². The first-order valence-corrected chi connectivity index (χ1v) is 11.7. The molecule has 2 atom stereocenters. The number of hydrogen-bond acceptors (Lipinski definition) is 5. The van der Waals surface area contributed by atoms with E-state index in [1.807, 2.05) is 77.3 Å². The van der Waals surface area contributed by atoms with Gasteiger partial charge in [-0.25, -0.2) is 0 Å². The molecule has 0 amide bonds. The van der Waals surface area contributed by atoms with E-state index in [4.69, 9.17) is 4.74 Å². The minimum Gasteiger partial charge on any atom is -0.469 e. The molecule has 2 unspecified atom stereocenters. The van der Waals surface area contributed by atoms with Gasteiger partial charge in [0.05, 0.1) is 18.4 Å². The van der Waals surface area contributed by atoms with Crippen molar-refractivity contribution in [3.8, 4) is 0 Å². The number of ketones is 2. The van der Waals surface area contributed by atoms with Crippen molar-refractivity contribution in [2.24, 2.45) is 11.8 Å². The van der Waals surface area contributed by atoms with Crippen LogP contribution in [0.2, 0.25) is 0 Å². The number of carbonyl (C=O) groups excluding carboxylic acids is 3. The molecule has 0 saturated heterocycles. The van der Waals surface area contributed by atoms with Crippen LogP contribution >= 0.6 is 0 Å². The number of aromatic nitrogens is 1. The van der Waals surface area contributed by atoms with Gasteiger partial charge in [0.2, 0.25) is 0 Å². The predicted molar refractivity (Wildman–Crippen MR) is 130 cm³/mol. The van der Waals surface area contributed by atoms with Crippen LogP contribution in [-0.2, 0) is 16.1 Å². The molecule has 0 bridgehead atoms. The maximum atomic E-state index is 14.0. The van der Waals surface area contributed by atoms with E-state index in [0.717, 1.165) is 16.5 Å². The van der Waals surface area contributed by atoms with E-state index in [0.29, 0.717) is 36.3 Å². The Morgan fingerprint density at radius 3 is 2.56 bits per heavy atom. The van der Waals surface area contributed by atoms with Gasteiger partial charge in [0, 0.05) is 61.6 Å². The molecule has 1 aliphatic carbocycles. The average Bonchev–Trinajstić information content (AvgIpc) is 3.12. The van der Waals surface area contributed by atoms with Gasteiger partial charge in [-0.05, 0) is 24.0 Å². The average molecular weight is 457 g/mol. The number of allylic oxidation sites excluding steroid dienone is 1. The third-order valence-corrected chi connectivity index (χ3v) is 7.11. The highest BCUT2D eigenvalue weighted by Gasteiger charge is 2.41. The Morgan fingerprint density at radius 1 is 1.06 bits per heavy atom. The van der Waals surface area contributed by atoms with E-state index in [-0.39, 0.29) is 42.2 Å². The van der Waals surface area contributed by atoms with Gasteiger partial charge in [-0.2, -0.15) is 0 Å². The zero-order valence-corrected chi connectivity index (χ0v) is 19.5. The Morgan fingerprint density at radius 2 is 1.79 bits per heavy atom. The second-order valence-electron chi connectivity index (χ2n) is 9.27. The molecule has 1 aromatic heterocycles. The SMILES string of the molecule is COC(=O)CCC1CN(C)C=C2C(=O)c3c(n(Cc4ccccc4)c4ccccc34)C(=O)CC21. The van der Waals surface area contributed by atoms with Crippen molar-refractivity contribution in [3.63, 3.8) is 0 Å². The molecule has 0 fully saturated rings. The van der Waals surface area contributed by atoms with Crippen LogP contribution in [0.3, 0.4) is 0 Å². The number of nitrogens with zero attached hydrogens (tertiary/aromatic N) is 2. The highest BCUT2D eigenvalue weighted by Crippen LogP contribution is 2.41. The smallest absolute Gasteiger partial charge is 0.305 e. The highest BCUT2D eigenvalue weighted by atomic mass is 16.5. The summed E-state index contributed by atoms with van der Waals surface area (Å²) in [6.07, 6.45) is 3.01. The number of esters is 1. The third-order valence-electron chi connectivity index (χ3n) is 7.11.